The molecule has 31 heavy (non-hydrogen) atoms. The van der Waals surface area contributed by atoms with Crippen molar-refractivity contribution in [3.63, 3.8) is 0 Å². The van der Waals surface area contributed by atoms with Crippen LogP contribution in [0.25, 0.3) is 0 Å². The molecular weight excluding hydrogens is 388 g/mol. The highest BCUT2D eigenvalue weighted by atomic mass is 16.5. The smallest absolute Gasteiger partial charge is 0.253 e. The van der Waals surface area contributed by atoms with Gasteiger partial charge in [0.15, 0.2) is 0 Å². The Hall–Kier alpha value is -3.31. The molecule has 0 atom stereocenters. The SMILES string of the molecule is CCOc1ccc(N(Cc2ccc(N(C)C)cc2)C(=O)COCc2ccccc2)cc1. The number of amides is 1. The predicted molar refractivity (Wildman–Crippen MR) is 126 cm³/mol. The number of anilines is 2. The van der Waals surface area contributed by atoms with Crippen molar-refractivity contribution in [2.24, 2.45) is 0 Å². The number of carbonyl (C=O) groups excluding carboxylic acids is 1. The summed E-state index contributed by atoms with van der Waals surface area (Å²) in [6.07, 6.45) is 0. The summed E-state index contributed by atoms with van der Waals surface area (Å²) in [5, 5.41) is 0. The van der Waals surface area contributed by atoms with Crippen LogP contribution in [-0.4, -0.2) is 33.2 Å². The number of ether oxygens (including phenoxy) is 2. The van der Waals surface area contributed by atoms with Crippen molar-refractivity contribution in [3.05, 3.63) is 90.0 Å². The summed E-state index contributed by atoms with van der Waals surface area (Å²) in [6, 6.07) is 25.7. The lowest BCUT2D eigenvalue weighted by atomic mass is 10.1. The van der Waals surface area contributed by atoms with Crippen molar-refractivity contribution < 1.29 is 14.3 Å². The van der Waals surface area contributed by atoms with E-state index in [2.05, 4.69) is 29.2 Å². The molecule has 0 N–H and O–H groups in total. The number of carbonyl (C=O) groups is 1. The number of hydrogen-bond donors (Lipinski definition) is 0. The molecule has 0 aromatic heterocycles. The van der Waals surface area contributed by atoms with E-state index in [-0.39, 0.29) is 12.5 Å². The van der Waals surface area contributed by atoms with E-state index in [9.17, 15) is 4.79 Å². The first-order valence-corrected chi connectivity index (χ1v) is 10.5. The maximum atomic E-state index is 13.1. The standard InChI is InChI=1S/C26H30N2O3/c1-4-31-25-16-14-24(15-17-25)28(18-21-10-12-23(13-11-21)27(2)3)26(29)20-30-19-22-8-6-5-7-9-22/h5-17H,4,18-20H2,1-3H3. The van der Waals surface area contributed by atoms with Gasteiger partial charge in [0.1, 0.15) is 12.4 Å². The summed E-state index contributed by atoms with van der Waals surface area (Å²) < 4.78 is 11.2. The highest BCUT2D eigenvalue weighted by molar-refractivity contribution is 5.94. The third-order valence-corrected chi connectivity index (χ3v) is 4.89. The number of benzene rings is 3. The van der Waals surface area contributed by atoms with Gasteiger partial charge in [-0.1, -0.05) is 42.5 Å². The summed E-state index contributed by atoms with van der Waals surface area (Å²) in [5.74, 6) is 0.700. The van der Waals surface area contributed by atoms with Crippen molar-refractivity contribution in [2.45, 2.75) is 20.1 Å². The Balaban J connectivity index is 1.73. The Morgan fingerprint density at radius 2 is 1.45 bits per heavy atom. The maximum Gasteiger partial charge on any atom is 0.253 e. The molecule has 0 bridgehead atoms. The first-order valence-electron chi connectivity index (χ1n) is 10.5. The van der Waals surface area contributed by atoms with E-state index >= 15 is 0 Å². The lowest BCUT2D eigenvalue weighted by Gasteiger charge is -2.24. The molecule has 0 aliphatic rings. The Kier molecular flexibility index (Phi) is 8.07. The largest absolute Gasteiger partial charge is 0.494 e. The fourth-order valence-electron chi connectivity index (χ4n) is 3.20. The van der Waals surface area contributed by atoms with Crippen LogP contribution in [0.3, 0.4) is 0 Å². The molecule has 1 amide bonds. The highest BCUT2D eigenvalue weighted by Gasteiger charge is 2.17. The molecule has 3 rings (SSSR count). The van der Waals surface area contributed by atoms with E-state index in [1.54, 1.807) is 4.90 Å². The molecular formula is C26H30N2O3. The number of rotatable bonds is 10. The second-order valence-corrected chi connectivity index (χ2v) is 7.45. The molecule has 5 heteroatoms. The molecule has 0 saturated carbocycles. The van der Waals surface area contributed by atoms with E-state index in [1.165, 1.54) is 0 Å². The third kappa shape index (κ3) is 6.59. The first-order chi connectivity index (χ1) is 15.1. The van der Waals surface area contributed by atoms with Gasteiger partial charge >= 0.3 is 0 Å². The minimum atomic E-state index is -0.0863. The average molecular weight is 419 g/mol. The predicted octanol–water partition coefficient (Wildman–Crippen LogP) is 4.90. The molecule has 0 aliphatic heterocycles. The van der Waals surface area contributed by atoms with Crippen LogP contribution in [0.4, 0.5) is 11.4 Å². The average Bonchev–Trinajstić information content (AvgIpc) is 2.79. The van der Waals surface area contributed by atoms with Crippen molar-refractivity contribution >= 4 is 17.3 Å². The van der Waals surface area contributed by atoms with Crippen molar-refractivity contribution in [1.29, 1.82) is 0 Å². The quantitative estimate of drug-likeness (QED) is 0.470. The normalized spacial score (nSPS) is 10.5. The van der Waals surface area contributed by atoms with Crippen molar-refractivity contribution in [3.8, 4) is 5.75 Å². The monoisotopic (exact) mass is 418 g/mol. The molecule has 3 aromatic rings. The Bertz CT molecular complexity index is 939. The van der Waals surface area contributed by atoms with E-state index in [1.807, 2.05) is 75.6 Å². The van der Waals surface area contributed by atoms with Crippen molar-refractivity contribution in [2.75, 3.05) is 37.1 Å². The fourth-order valence-corrected chi connectivity index (χ4v) is 3.20. The number of nitrogens with zero attached hydrogens (tertiary/aromatic N) is 2. The summed E-state index contributed by atoms with van der Waals surface area (Å²) in [6.45, 7) is 3.44. The van der Waals surface area contributed by atoms with Gasteiger partial charge in [0, 0.05) is 25.5 Å². The fraction of sp³-hybridized carbons (Fsp3) is 0.269. The van der Waals surface area contributed by atoms with Crippen LogP contribution in [-0.2, 0) is 22.7 Å². The number of hydrogen-bond acceptors (Lipinski definition) is 4. The molecule has 0 spiro atoms. The van der Waals surface area contributed by atoms with Gasteiger partial charge in [0.2, 0.25) is 0 Å². The first kappa shape index (κ1) is 22.4. The Morgan fingerprint density at radius 3 is 2.06 bits per heavy atom. The second kappa shape index (κ2) is 11.2. The van der Waals surface area contributed by atoms with Gasteiger partial charge in [-0.15, -0.1) is 0 Å². The van der Waals surface area contributed by atoms with Gasteiger partial charge in [-0.25, -0.2) is 0 Å². The van der Waals surface area contributed by atoms with Crippen LogP contribution in [0, 0.1) is 0 Å². The van der Waals surface area contributed by atoms with Crippen molar-refractivity contribution in [1.82, 2.24) is 0 Å². The minimum absolute atomic E-state index is 0.0118. The summed E-state index contributed by atoms with van der Waals surface area (Å²) >= 11 is 0. The van der Waals surface area contributed by atoms with Crippen LogP contribution in [0.2, 0.25) is 0 Å². The zero-order valence-electron chi connectivity index (χ0n) is 18.5. The summed E-state index contributed by atoms with van der Waals surface area (Å²) in [5.41, 5.74) is 4.03. The van der Waals surface area contributed by atoms with E-state index in [0.29, 0.717) is 19.8 Å². The molecule has 0 fully saturated rings. The molecule has 3 aromatic carbocycles. The lowest BCUT2D eigenvalue weighted by molar-refractivity contribution is -0.123. The molecule has 162 valence electrons. The van der Waals surface area contributed by atoms with E-state index < -0.39 is 0 Å². The molecule has 0 radical (unpaired) electrons. The maximum absolute atomic E-state index is 13.1. The van der Waals surface area contributed by atoms with Crippen LogP contribution >= 0.6 is 0 Å². The highest BCUT2D eigenvalue weighted by Crippen LogP contribution is 2.23. The van der Waals surface area contributed by atoms with Crippen LogP contribution in [0.1, 0.15) is 18.1 Å². The minimum Gasteiger partial charge on any atom is -0.494 e. The van der Waals surface area contributed by atoms with Gasteiger partial charge in [-0.3, -0.25) is 4.79 Å². The molecule has 0 unspecified atom stereocenters. The third-order valence-electron chi connectivity index (χ3n) is 4.89. The Morgan fingerprint density at radius 1 is 0.806 bits per heavy atom. The molecule has 0 aliphatic carbocycles. The van der Waals surface area contributed by atoms with Crippen LogP contribution < -0.4 is 14.5 Å². The zero-order valence-corrected chi connectivity index (χ0v) is 18.5. The topological polar surface area (TPSA) is 42.0 Å². The molecule has 0 saturated heterocycles. The van der Waals surface area contributed by atoms with E-state index in [4.69, 9.17) is 9.47 Å². The van der Waals surface area contributed by atoms with E-state index in [0.717, 1.165) is 28.3 Å². The summed E-state index contributed by atoms with van der Waals surface area (Å²) in [4.78, 5) is 16.9. The van der Waals surface area contributed by atoms with Crippen LogP contribution in [0.15, 0.2) is 78.9 Å². The van der Waals surface area contributed by atoms with Crippen LogP contribution in [0.5, 0.6) is 5.75 Å². The van der Waals surface area contributed by atoms with Gasteiger partial charge in [-0.05, 0) is 54.4 Å². The lowest BCUT2D eigenvalue weighted by Crippen LogP contribution is -2.33. The summed E-state index contributed by atoms with van der Waals surface area (Å²) in [7, 11) is 4.02. The van der Waals surface area contributed by atoms with Gasteiger partial charge in [-0.2, -0.15) is 0 Å². The molecule has 0 heterocycles. The molecule has 5 nitrogen and oxygen atoms in total. The van der Waals surface area contributed by atoms with Gasteiger partial charge in [0.05, 0.1) is 19.8 Å². The van der Waals surface area contributed by atoms with Gasteiger partial charge in [0.25, 0.3) is 5.91 Å². The van der Waals surface area contributed by atoms with Gasteiger partial charge < -0.3 is 19.3 Å². The zero-order chi connectivity index (χ0) is 22.1. The Labute approximate surface area is 184 Å². The second-order valence-electron chi connectivity index (χ2n) is 7.45.